The number of carbonyl (C=O) groups excluding carboxylic acids is 2. The van der Waals surface area contributed by atoms with Crippen LogP contribution in [0.2, 0.25) is 0 Å². The van der Waals surface area contributed by atoms with Gasteiger partial charge in [0, 0.05) is 31.3 Å². The molecular weight excluding hydrogens is 376 g/mol. The maximum Gasteiger partial charge on any atom is 0.418 e. The minimum Gasteiger partial charge on any atom is -0.491 e. The first-order valence-corrected chi connectivity index (χ1v) is 9.42. The van der Waals surface area contributed by atoms with Gasteiger partial charge in [-0.05, 0) is 19.9 Å². The molecule has 1 unspecified atom stereocenters. The summed E-state index contributed by atoms with van der Waals surface area (Å²) in [6.45, 7) is 3.87. The van der Waals surface area contributed by atoms with E-state index in [4.69, 9.17) is 14.2 Å². The van der Waals surface area contributed by atoms with Crippen molar-refractivity contribution in [3.05, 3.63) is 52.9 Å². The number of rotatable bonds is 8. The van der Waals surface area contributed by atoms with Crippen LogP contribution in [0.4, 0.5) is 4.79 Å². The van der Waals surface area contributed by atoms with Crippen LogP contribution in [-0.2, 0) is 14.3 Å². The maximum atomic E-state index is 12.8. The summed E-state index contributed by atoms with van der Waals surface area (Å²) >= 11 is 0. The zero-order valence-corrected chi connectivity index (χ0v) is 17.2. The van der Waals surface area contributed by atoms with Crippen molar-refractivity contribution in [2.45, 2.75) is 19.8 Å². The highest BCUT2D eigenvalue weighted by Crippen LogP contribution is 2.40. The summed E-state index contributed by atoms with van der Waals surface area (Å²) < 4.78 is 16.0. The molecule has 8 nitrogen and oxygen atoms in total. The van der Waals surface area contributed by atoms with E-state index in [-0.39, 0.29) is 17.9 Å². The molecule has 0 aliphatic carbocycles. The van der Waals surface area contributed by atoms with Crippen LogP contribution in [0, 0.1) is 0 Å². The summed E-state index contributed by atoms with van der Waals surface area (Å²) in [6.07, 6.45) is 1.15. The molecule has 1 aliphatic heterocycles. The third-order valence-corrected chi connectivity index (χ3v) is 4.52. The fourth-order valence-corrected chi connectivity index (χ4v) is 3.27. The number of aliphatic hydroxyl groups is 1. The van der Waals surface area contributed by atoms with Crippen LogP contribution in [0.5, 0.6) is 5.75 Å². The van der Waals surface area contributed by atoms with Gasteiger partial charge in [0.2, 0.25) is 5.91 Å². The first kappa shape index (κ1) is 22.4. The van der Waals surface area contributed by atoms with E-state index in [9.17, 15) is 14.7 Å². The first-order valence-electron chi connectivity index (χ1n) is 9.42. The molecule has 0 saturated carbocycles. The molecule has 0 aromatic heterocycles. The van der Waals surface area contributed by atoms with Gasteiger partial charge in [-0.2, -0.15) is 0 Å². The lowest BCUT2D eigenvalue weighted by atomic mass is 9.85. The third-order valence-electron chi connectivity index (χ3n) is 4.52. The predicted molar refractivity (Wildman–Crippen MR) is 107 cm³/mol. The van der Waals surface area contributed by atoms with Crippen LogP contribution in [0.3, 0.4) is 0 Å². The first-order chi connectivity index (χ1) is 14.0. The molecule has 8 heteroatoms. The molecule has 0 bridgehead atoms. The number of aliphatic hydroxyl groups excluding tert-OH is 1. The van der Waals surface area contributed by atoms with Gasteiger partial charge >= 0.3 is 6.09 Å². The number of hydrogen-bond acceptors (Lipinski definition) is 6. The molecule has 2 rings (SSSR count). The van der Waals surface area contributed by atoms with Gasteiger partial charge in [0.05, 0.1) is 31.1 Å². The zero-order chi connectivity index (χ0) is 21.4. The molecule has 2 N–H and O–H groups in total. The monoisotopic (exact) mass is 404 g/mol. The van der Waals surface area contributed by atoms with Gasteiger partial charge in [0.25, 0.3) is 0 Å². The number of hydrogen-bond donors (Lipinski definition) is 2. The Kier molecular flexibility index (Phi) is 8.23. The molecule has 29 heavy (non-hydrogen) atoms. The molecule has 158 valence electrons. The van der Waals surface area contributed by atoms with E-state index >= 15 is 0 Å². The van der Waals surface area contributed by atoms with E-state index < -0.39 is 24.5 Å². The Bertz CT molecular complexity index is 802. The van der Waals surface area contributed by atoms with E-state index in [2.05, 4.69) is 5.32 Å². The van der Waals surface area contributed by atoms with Crippen molar-refractivity contribution in [3.8, 4) is 5.75 Å². The highest BCUT2D eigenvalue weighted by atomic mass is 16.6. The van der Waals surface area contributed by atoms with Crippen LogP contribution in [-0.4, -0.2) is 62.6 Å². The standard InChI is InChI=1S/C21H28N2O6/c1-5-28-21(26)23-14(2)12-16(19(17(23)13-24)20(25)22-3)15-8-6-7-9-18(15)29-11-10-27-4/h6-9,12,16,24H,5,10-11,13H2,1-4H3,(H,22,25). The van der Waals surface area contributed by atoms with E-state index in [0.29, 0.717) is 24.7 Å². The summed E-state index contributed by atoms with van der Waals surface area (Å²) in [5.74, 6) is -0.313. The molecular formula is C21H28N2O6. The number of ether oxygens (including phenoxy) is 3. The van der Waals surface area contributed by atoms with E-state index in [1.807, 2.05) is 24.3 Å². The Morgan fingerprint density at radius 3 is 2.59 bits per heavy atom. The number of allylic oxidation sites excluding steroid dienone is 2. The lowest BCUT2D eigenvalue weighted by Crippen LogP contribution is -2.38. The van der Waals surface area contributed by atoms with E-state index in [0.717, 1.165) is 5.56 Å². The Morgan fingerprint density at radius 2 is 1.97 bits per heavy atom. The Morgan fingerprint density at radius 1 is 1.24 bits per heavy atom. The van der Waals surface area contributed by atoms with E-state index in [1.165, 1.54) is 11.9 Å². The van der Waals surface area contributed by atoms with E-state index in [1.54, 1.807) is 27.0 Å². The number of benzene rings is 1. The smallest absolute Gasteiger partial charge is 0.418 e. The van der Waals surface area contributed by atoms with Crippen LogP contribution < -0.4 is 10.1 Å². The van der Waals surface area contributed by atoms with Crippen molar-refractivity contribution in [2.75, 3.05) is 40.6 Å². The van der Waals surface area contributed by atoms with Gasteiger partial charge in [-0.3, -0.25) is 9.69 Å². The second-order valence-electron chi connectivity index (χ2n) is 6.30. The SMILES string of the molecule is CCOC(=O)N1C(C)=CC(c2ccccc2OCCOC)C(C(=O)NC)=C1CO. The number of likely N-dealkylation sites (N-methyl/N-ethyl adjacent to an activating group) is 1. The van der Waals surface area contributed by atoms with Crippen LogP contribution in [0.15, 0.2) is 47.3 Å². The topological polar surface area (TPSA) is 97.3 Å². The van der Waals surface area contributed by atoms with Crippen LogP contribution >= 0.6 is 0 Å². The highest BCUT2D eigenvalue weighted by molar-refractivity contribution is 5.97. The van der Waals surface area contributed by atoms with Crippen molar-refractivity contribution in [1.82, 2.24) is 10.2 Å². The normalized spacial score (nSPS) is 16.4. The Balaban J connectivity index is 2.58. The number of nitrogens with one attached hydrogen (secondary N) is 1. The van der Waals surface area contributed by atoms with Crippen molar-refractivity contribution in [1.29, 1.82) is 0 Å². The maximum absolute atomic E-state index is 12.8. The molecule has 0 saturated heterocycles. The number of nitrogens with zero attached hydrogens (tertiary/aromatic N) is 1. The molecule has 0 spiro atoms. The van der Waals surface area contributed by atoms with Gasteiger partial charge in [0.15, 0.2) is 0 Å². The molecule has 1 aliphatic rings. The summed E-state index contributed by atoms with van der Waals surface area (Å²) in [4.78, 5) is 26.5. The van der Waals surface area contributed by atoms with Crippen molar-refractivity contribution in [3.63, 3.8) is 0 Å². The van der Waals surface area contributed by atoms with Crippen molar-refractivity contribution >= 4 is 12.0 Å². The molecule has 1 atom stereocenters. The summed E-state index contributed by atoms with van der Waals surface area (Å²) in [5, 5.41) is 12.7. The second-order valence-corrected chi connectivity index (χ2v) is 6.30. The minimum atomic E-state index is -0.644. The summed E-state index contributed by atoms with van der Waals surface area (Å²) in [6, 6.07) is 7.35. The summed E-state index contributed by atoms with van der Waals surface area (Å²) in [5.41, 5.74) is 1.74. The average Bonchev–Trinajstić information content (AvgIpc) is 2.73. The fourth-order valence-electron chi connectivity index (χ4n) is 3.27. The average molecular weight is 404 g/mol. The molecule has 1 aromatic carbocycles. The molecule has 1 aromatic rings. The Labute approximate surface area is 170 Å². The molecule has 1 heterocycles. The van der Waals surface area contributed by atoms with Crippen molar-refractivity contribution in [2.24, 2.45) is 0 Å². The highest BCUT2D eigenvalue weighted by Gasteiger charge is 2.36. The molecule has 2 amide bonds. The van der Waals surface area contributed by atoms with Crippen molar-refractivity contribution < 1.29 is 28.9 Å². The zero-order valence-electron chi connectivity index (χ0n) is 17.2. The fraction of sp³-hybridized carbons (Fsp3) is 0.429. The number of methoxy groups -OCH3 is 1. The number of amides is 2. The van der Waals surface area contributed by atoms with Gasteiger partial charge in [-0.15, -0.1) is 0 Å². The van der Waals surface area contributed by atoms with Gasteiger partial charge in [-0.1, -0.05) is 24.3 Å². The lowest BCUT2D eigenvalue weighted by Gasteiger charge is -2.34. The molecule has 0 fully saturated rings. The number of carbonyl (C=O) groups is 2. The summed E-state index contributed by atoms with van der Waals surface area (Å²) in [7, 11) is 3.09. The van der Waals surface area contributed by atoms with Gasteiger partial charge < -0.3 is 24.6 Å². The van der Waals surface area contributed by atoms with Crippen LogP contribution in [0.1, 0.15) is 25.3 Å². The predicted octanol–water partition coefficient (Wildman–Crippen LogP) is 2.16. The third kappa shape index (κ3) is 4.96. The molecule has 0 radical (unpaired) electrons. The minimum absolute atomic E-state index is 0.177. The number of para-hydroxylation sites is 1. The lowest BCUT2D eigenvalue weighted by molar-refractivity contribution is -0.117. The van der Waals surface area contributed by atoms with Gasteiger partial charge in [-0.25, -0.2) is 4.79 Å². The largest absolute Gasteiger partial charge is 0.491 e. The van der Waals surface area contributed by atoms with Crippen LogP contribution in [0.25, 0.3) is 0 Å². The Hall–Kier alpha value is -2.84. The quantitative estimate of drug-likeness (QED) is 0.645. The van der Waals surface area contributed by atoms with Gasteiger partial charge in [0.1, 0.15) is 12.4 Å². The second kappa shape index (κ2) is 10.6.